The van der Waals surface area contributed by atoms with E-state index < -0.39 is 0 Å². The number of likely N-dealkylation sites (N-methyl/N-ethyl adjacent to an activating group) is 1. The van der Waals surface area contributed by atoms with Crippen molar-refractivity contribution in [3.05, 3.63) is 29.8 Å². The fraction of sp³-hybridized carbons (Fsp3) is 0.467. The molecule has 0 radical (unpaired) electrons. The van der Waals surface area contributed by atoms with Crippen molar-refractivity contribution in [3.8, 4) is 5.75 Å². The highest BCUT2D eigenvalue weighted by Crippen LogP contribution is 2.12. The minimum Gasteiger partial charge on any atom is -0.484 e. The number of carbonyl (C=O) groups excluding carboxylic acids is 1. The van der Waals surface area contributed by atoms with Gasteiger partial charge in [0.1, 0.15) is 10.7 Å². The van der Waals surface area contributed by atoms with Crippen LogP contribution in [0.5, 0.6) is 5.75 Å². The summed E-state index contributed by atoms with van der Waals surface area (Å²) in [7, 11) is 0. The molecule has 5 nitrogen and oxygen atoms in total. The van der Waals surface area contributed by atoms with Gasteiger partial charge in [-0.05, 0) is 38.1 Å². The van der Waals surface area contributed by atoms with Gasteiger partial charge in [-0.2, -0.15) is 0 Å². The van der Waals surface area contributed by atoms with Crippen molar-refractivity contribution in [2.24, 2.45) is 5.73 Å². The molecule has 0 saturated heterocycles. The molecule has 0 saturated carbocycles. The van der Waals surface area contributed by atoms with Gasteiger partial charge < -0.3 is 20.1 Å². The number of rotatable bonds is 9. The molecule has 1 aromatic rings. The summed E-state index contributed by atoms with van der Waals surface area (Å²) in [6.45, 7) is 6.27. The van der Waals surface area contributed by atoms with Crippen molar-refractivity contribution in [2.45, 2.75) is 13.8 Å². The number of nitrogens with zero attached hydrogens (tertiary/aromatic N) is 1. The predicted octanol–water partition coefficient (Wildman–Crippen LogP) is 1.58. The highest BCUT2D eigenvalue weighted by atomic mass is 32.1. The largest absolute Gasteiger partial charge is 0.484 e. The molecule has 0 spiro atoms. The van der Waals surface area contributed by atoms with E-state index in [1.807, 2.05) is 13.8 Å². The molecule has 21 heavy (non-hydrogen) atoms. The van der Waals surface area contributed by atoms with Gasteiger partial charge in [-0.3, -0.25) is 4.79 Å². The first-order valence-electron chi connectivity index (χ1n) is 6.96. The molecule has 0 fully saturated rings. The van der Waals surface area contributed by atoms with E-state index in [1.54, 1.807) is 29.2 Å². The molecule has 0 aliphatic carbocycles. The first-order valence-corrected chi connectivity index (χ1v) is 7.37. The second-order valence-corrected chi connectivity index (χ2v) is 4.79. The third-order valence-electron chi connectivity index (χ3n) is 2.95. The molecule has 0 aliphatic rings. The van der Waals surface area contributed by atoms with Crippen molar-refractivity contribution < 1.29 is 14.3 Å². The summed E-state index contributed by atoms with van der Waals surface area (Å²) in [6.07, 6.45) is 0. The topological polar surface area (TPSA) is 64.8 Å². The van der Waals surface area contributed by atoms with E-state index >= 15 is 0 Å². The number of thiocarbonyl (C=S) groups is 1. The Labute approximate surface area is 131 Å². The molecule has 1 rings (SSSR count). The number of carbonyl (C=O) groups is 1. The van der Waals surface area contributed by atoms with Gasteiger partial charge in [-0.25, -0.2) is 0 Å². The van der Waals surface area contributed by atoms with E-state index in [0.717, 1.165) is 5.56 Å². The molecule has 1 amide bonds. The molecule has 0 aromatic heterocycles. The van der Waals surface area contributed by atoms with Gasteiger partial charge in [0.15, 0.2) is 6.61 Å². The van der Waals surface area contributed by atoms with Gasteiger partial charge in [0, 0.05) is 25.3 Å². The Morgan fingerprint density at radius 2 is 1.95 bits per heavy atom. The van der Waals surface area contributed by atoms with E-state index in [4.69, 9.17) is 27.4 Å². The zero-order chi connectivity index (χ0) is 15.7. The van der Waals surface area contributed by atoms with Crippen LogP contribution >= 0.6 is 12.2 Å². The van der Waals surface area contributed by atoms with Crippen LogP contribution in [0.15, 0.2) is 24.3 Å². The van der Waals surface area contributed by atoms with Gasteiger partial charge in [-0.1, -0.05) is 12.2 Å². The Bertz CT molecular complexity index is 462. The van der Waals surface area contributed by atoms with Gasteiger partial charge in [0.2, 0.25) is 0 Å². The molecule has 0 aliphatic heterocycles. The molecular formula is C15H22N2O3S. The lowest BCUT2D eigenvalue weighted by Crippen LogP contribution is -2.37. The molecule has 0 bridgehead atoms. The SMILES string of the molecule is CCOCCN(CC)C(=O)COc1ccc(C(N)=S)cc1. The highest BCUT2D eigenvalue weighted by molar-refractivity contribution is 7.80. The van der Waals surface area contributed by atoms with Crippen LogP contribution in [0.25, 0.3) is 0 Å². The molecule has 0 heterocycles. The number of benzene rings is 1. The smallest absolute Gasteiger partial charge is 0.260 e. The summed E-state index contributed by atoms with van der Waals surface area (Å²) in [5, 5.41) is 0. The van der Waals surface area contributed by atoms with E-state index in [9.17, 15) is 4.79 Å². The van der Waals surface area contributed by atoms with E-state index in [-0.39, 0.29) is 12.5 Å². The van der Waals surface area contributed by atoms with Crippen LogP contribution in [0.4, 0.5) is 0 Å². The molecule has 116 valence electrons. The Hall–Kier alpha value is -1.66. The maximum Gasteiger partial charge on any atom is 0.260 e. The zero-order valence-electron chi connectivity index (χ0n) is 12.5. The van der Waals surface area contributed by atoms with E-state index in [1.165, 1.54) is 0 Å². The highest BCUT2D eigenvalue weighted by Gasteiger charge is 2.12. The summed E-state index contributed by atoms with van der Waals surface area (Å²) in [5.41, 5.74) is 6.29. The molecule has 0 unspecified atom stereocenters. The average molecular weight is 310 g/mol. The monoisotopic (exact) mass is 310 g/mol. The predicted molar refractivity (Wildman–Crippen MR) is 86.6 cm³/mol. The summed E-state index contributed by atoms with van der Waals surface area (Å²) in [4.78, 5) is 14.1. The Kier molecular flexibility index (Phi) is 7.71. The van der Waals surface area contributed by atoms with Crippen LogP contribution in [0, 0.1) is 0 Å². The second kappa shape index (κ2) is 9.31. The third kappa shape index (κ3) is 6.10. The number of amides is 1. The molecule has 1 aromatic carbocycles. The lowest BCUT2D eigenvalue weighted by molar-refractivity contribution is -0.133. The Balaban J connectivity index is 2.45. The average Bonchev–Trinajstić information content (AvgIpc) is 2.49. The first-order chi connectivity index (χ1) is 10.1. The molecule has 2 N–H and O–H groups in total. The van der Waals surface area contributed by atoms with Gasteiger partial charge >= 0.3 is 0 Å². The van der Waals surface area contributed by atoms with Crippen LogP contribution in [0.3, 0.4) is 0 Å². The van der Waals surface area contributed by atoms with Crippen LogP contribution in [-0.4, -0.2) is 48.7 Å². The summed E-state index contributed by atoms with van der Waals surface area (Å²) >= 11 is 4.88. The van der Waals surface area contributed by atoms with E-state index in [0.29, 0.717) is 37.0 Å². The zero-order valence-corrected chi connectivity index (χ0v) is 13.3. The van der Waals surface area contributed by atoms with Crippen LogP contribution < -0.4 is 10.5 Å². The van der Waals surface area contributed by atoms with Gasteiger partial charge in [0.25, 0.3) is 5.91 Å². The number of hydrogen-bond acceptors (Lipinski definition) is 4. The molecule has 6 heteroatoms. The van der Waals surface area contributed by atoms with Crippen molar-refractivity contribution in [2.75, 3.05) is 32.9 Å². The van der Waals surface area contributed by atoms with Crippen LogP contribution in [0.1, 0.15) is 19.4 Å². The van der Waals surface area contributed by atoms with Crippen LogP contribution in [0.2, 0.25) is 0 Å². The first kappa shape index (κ1) is 17.4. The lowest BCUT2D eigenvalue weighted by atomic mass is 10.2. The van der Waals surface area contributed by atoms with Gasteiger partial charge in [0.05, 0.1) is 6.61 Å². The van der Waals surface area contributed by atoms with E-state index in [2.05, 4.69) is 0 Å². The van der Waals surface area contributed by atoms with Crippen molar-refractivity contribution in [1.82, 2.24) is 4.90 Å². The lowest BCUT2D eigenvalue weighted by Gasteiger charge is -2.20. The summed E-state index contributed by atoms with van der Waals surface area (Å²) in [5.74, 6) is 0.555. The number of nitrogens with two attached hydrogens (primary N) is 1. The fourth-order valence-electron chi connectivity index (χ4n) is 1.73. The minimum absolute atomic E-state index is 0.00633. The normalized spacial score (nSPS) is 10.2. The van der Waals surface area contributed by atoms with Crippen LogP contribution in [-0.2, 0) is 9.53 Å². The van der Waals surface area contributed by atoms with Crippen molar-refractivity contribution in [3.63, 3.8) is 0 Å². The Morgan fingerprint density at radius 1 is 1.29 bits per heavy atom. The summed E-state index contributed by atoms with van der Waals surface area (Å²) < 4.78 is 10.7. The Morgan fingerprint density at radius 3 is 2.48 bits per heavy atom. The minimum atomic E-state index is -0.0596. The number of hydrogen-bond donors (Lipinski definition) is 1. The van der Waals surface area contributed by atoms with Crippen molar-refractivity contribution in [1.29, 1.82) is 0 Å². The fourth-order valence-corrected chi connectivity index (χ4v) is 1.87. The third-order valence-corrected chi connectivity index (χ3v) is 3.18. The summed E-state index contributed by atoms with van der Waals surface area (Å²) in [6, 6.07) is 7.04. The molecular weight excluding hydrogens is 288 g/mol. The second-order valence-electron chi connectivity index (χ2n) is 4.35. The standard InChI is InChI=1S/C15H22N2O3S/c1-3-17(9-10-19-4-2)14(18)11-20-13-7-5-12(6-8-13)15(16)21/h5-8H,3-4,9-11H2,1-2H3,(H2,16,21). The van der Waals surface area contributed by atoms with Crippen molar-refractivity contribution >= 4 is 23.1 Å². The number of ether oxygens (including phenoxy) is 2. The quantitative estimate of drug-likeness (QED) is 0.554. The maximum atomic E-state index is 12.0. The molecule has 0 atom stereocenters. The maximum absolute atomic E-state index is 12.0. The van der Waals surface area contributed by atoms with Gasteiger partial charge in [-0.15, -0.1) is 0 Å².